The van der Waals surface area contributed by atoms with Crippen molar-refractivity contribution in [3.8, 4) is 0 Å². The highest BCUT2D eigenvalue weighted by molar-refractivity contribution is 6.05. The molecule has 1 aliphatic heterocycles. The third kappa shape index (κ3) is 3.41. The summed E-state index contributed by atoms with van der Waals surface area (Å²) in [7, 11) is 0. The number of fused-ring (bicyclic) bond motifs is 1. The monoisotopic (exact) mass is 359 g/mol. The highest BCUT2D eigenvalue weighted by atomic mass is 16.2. The number of amides is 1. The minimum absolute atomic E-state index is 0.0575. The molecule has 0 aromatic carbocycles. The van der Waals surface area contributed by atoms with E-state index >= 15 is 0 Å². The number of rotatable bonds is 5. The van der Waals surface area contributed by atoms with Crippen molar-refractivity contribution < 1.29 is 4.79 Å². The summed E-state index contributed by atoms with van der Waals surface area (Å²) in [6, 6.07) is 1.91. The van der Waals surface area contributed by atoms with Gasteiger partial charge in [0.2, 0.25) is 0 Å². The zero-order valence-corrected chi connectivity index (χ0v) is 15.4. The summed E-state index contributed by atoms with van der Waals surface area (Å²) in [5, 5.41) is 6.40. The van der Waals surface area contributed by atoms with E-state index in [1.54, 1.807) is 13.0 Å². The first-order valence-electron chi connectivity index (χ1n) is 9.11. The van der Waals surface area contributed by atoms with Crippen molar-refractivity contribution in [2.75, 3.05) is 13.1 Å². The molecule has 0 radical (unpaired) electrons. The molecule has 1 saturated heterocycles. The third-order valence-electron chi connectivity index (χ3n) is 4.79. The number of hydrogen-bond acceptors (Lipinski definition) is 5. The smallest absolute Gasteiger partial charge is 0.329 e. The maximum absolute atomic E-state index is 12.8. The van der Waals surface area contributed by atoms with Gasteiger partial charge in [0.25, 0.3) is 11.5 Å². The van der Waals surface area contributed by atoms with E-state index in [2.05, 4.69) is 20.6 Å². The lowest BCUT2D eigenvalue weighted by molar-refractivity contribution is 0.0951. The van der Waals surface area contributed by atoms with E-state index in [4.69, 9.17) is 0 Å². The van der Waals surface area contributed by atoms with Crippen LogP contribution in [-0.4, -0.2) is 39.6 Å². The zero-order valence-electron chi connectivity index (χ0n) is 15.4. The summed E-state index contributed by atoms with van der Waals surface area (Å²) < 4.78 is 1.39. The molecule has 1 atom stereocenters. The maximum atomic E-state index is 12.8. The van der Waals surface area contributed by atoms with Crippen LogP contribution in [-0.2, 0) is 6.54 Å². The van der Waals surface area contributed by atoms with Gasteiger partial charge in [0, 0.05) is 24.8 Å². The highest BCUT2D eigenvalue weighted by Gasteiger charge is 2.21. The molecule has 8 heteroatoms. The Kier molecular flexibility index (Phi) is 5.22. The van der Waals surface area contributed by atoms with E-state index in [-0.39, 0.29) is 34.5 Å². The molecule has 0 saturated carbocycles. The lowest BCUT2D eigenvalue weighted by Gasteiger charge is -2.15. The number of carbonyl (C=O) groups is 1. The predicted octanol–water partition coefficient (Wildman–Crippen LogP) is 0.710. The normalized spacial score (nSPS) is 17.2. The maximum Gasteiger partial charge on any atom is 0.329 e. The number of pyridine rings is 1. The van der Waals surface area contributed by atoms with Gasteiger partial charge in [0.15, 0.2) is 5.65 Å². The number of nitrogens with one attached hydrogen (secondary N) is 3. The molecule has 0 bridgehead atoms. The van der Waals surface area contributed by atoms with Crippen molar-refractivity contribution >= 4 is 16.9 Å². The van der Waals surface area contributed by atoms with Crippen molar-refractivity contribution in [2.45, 2.75) is 52.1 Å². The molecule has 1 fully saturated rings. The lowest BCUT2D eigenvalue weighted by Crippen LogP contribution is -2.38. The average molecular weight is 359 g/mol. The van der Waals surface area contributed by atoms with Crippen LogP contribution < -0.4 is 21.9 Å². The Morgan fingerprint density at radius 3 is 2.81 bits per heavy atom. The Hall–Kier alpha value is -2.48. The van der Waals surface area contributed by atoms with Gasteiger partial charge in [-0.05, 0) is 38.3 Å². The topological polar surface area (TPSA) is 109 Å². The summed E-state index contributed by atoms with van der Waals surface area (Å²) in [5.41, 5.74) is 0.104. The molecule has 3 heterocycles. The number of H-pyrrole nitrogens is 1. The Morgan fingerprint density at radius 1 is 1.42 bits per heavy atom. The molecule has 3 N–H and O–H groups in total. The molecule has 2 aromatic heterocycles. The fourth-order valence-electron chi connectivity index (χ4n) is 3.30. The van der Waals surface area contributed by atoms with E-state index in [1.807, 2.05) is 13.8 Å². The summed E-state index contributed by atoms with van der Waals surface area (Å²) in [6.07, 6.45) is 2.11. The van der Waals surface area contributed by atoms with Crippen LogP contribution >= 0.6 is 0 Å². The molecular weight excluding hydrogens is 334 g/mol. The van der Waals surface area contributed by atoms with Crippen LogP contribution in [0.2, 0.25) is 0 Å². The van der Waals surface area contributed by atoms with Gasteiger partial charge in [-0.15, -0.1) is 0 Å². The first kappa shape index (κ1) is 18.3. The molecule has 140 valence electrons. The number of carbonyl (C=O) groups excluding carboxylic acids is 1. The zero-order chi connectivity index (χ0) is 18.8. The van der Waals surface area contributed by atoms with Gasteiger partial charge in [-0.1, -0.05) is 13.8 Å². The molecule has 1 aliphatic rings. The highest BCUT2D eigenvalue weighted by Crippen LogP contribution is 2.19. The summed E-state index contributed by atoms with van der Waals surface area (Å²) in [5.74, 6) is -0.262. The SMILES string of the molecule is CCn1c(=O)[nH]c(=O)c2c(C(=O)NCC3CCCN3)cc(C(C)C)nc21. The van der Waals surface area contributed by atoms with Crippen LogP contribution in [0.15, 0.2) is 15.7 Å². The number of hydrogen-bond donors (Lipinski definition) is 3. The molecule has 2 aromatic rings. The predicted molar refractivity (Wildman–Crippen MR) is 99.7 cm³/mol. The third-order valence-corrected chi connectivity index (χ3v) is 4.79. The first-order chi connectivity index (χ1) is 12.4. The van der Waals surface area contributed by atoms with Gasteiger partial charge >= 0.3 is 5.69 Å². The molecule has 0 aliphatic carbocycles. The van der Waals surface area contributed by atoms with E-state index in [0.29, 0.717) is 18.8 Å². The van der Waals surface area contributed by atoms with Gasteiger partial charge in [0.05, 0.1) is 10.9 Å². The quantitative estimate of drug-likeness (QED) is 0.728. The van der Waals surface area contributed by atoms with Crippen LogP contribution in [0.1, 0.15) is 55.6 Å². The molecule has 1 unspecified atom stereocenters. The van der Waals surface area contributed by atoms with Gasteiger partial charge in [-0.2, -0.15) is 0 Å². The molecule has 1 amide bonds. The molecule has 0 spiro atoms. The Bertz CT molecular complexity index is 938. The van der Waals surface area contributed by atoms with Gasteiger partial charge in [0.1, 0.15) is 0 Å². The summed E-state index contributed by atoms with van der Waals surface area (Å²) >= 11 is 0. The van der Waals surface area contributed by atoms with Crippen LogP contribution in [0.4, 0.5) is 0 Å². The lowest BCUT2D eigenvalue weighted by atomic mass is 10.0. The van der Waals surface area contributed by atoms with Crippen LogP contribution in [0.5, 0.6) is 0 Å². The standard InChI is InChI=1S/C18H25N5O3/c1-4-23-15-14(17(25)22-18(23)26)12(8-13(21-15)10(2)3)16(24)20-9-11-6-5-7-19-11/h8,10-11,19H,4-7,9H2,1-3H3,(H,20,24)(H,22,25,26). The van der Waals surface area contributed by atoms with Crippen molar-refractivity contribution in [3.05, 3.63) is 38.2 Å². The van der Waals surface area contributed by atoms with Crippen LogP contribution in [0.25, 0.3) is 11.0 Å². The number of aromatic nitrogens is 3. The van der Waals surface area contributed by atoms with Crippen LogP contribution in [0, 0.1) is 0 Å². The largest absolute Gasteiger partial charge is 0.350 e. The Morgan fingerprint density at radius 2 is 2.19 bits per heavy atom. The molecule has 8 nitrogen and oxygen atoms in total. The fourth-order valence-corrected chi connectivity index (χ4v) is 3.30. The Labute approximate surface area is 151 Å². The van der Waals surface area contributed by atoms with E-state index in [1.165, 1.54) is 4.57 Å². The Balaban J connectivity index is 2.11. The second-order valence-corrected chi connectivity index (χ2v) is 6.95. The van der Waals surface area contributed by atoms with Crippen molar-refractivity contribution in [2.24, 2.45) is 0 Å². The minimum atomic E-state index is -0.582. The van der Waals surface area contributed by atoms with Gasteiger partial charge in [-0.25, -0.2) is 9.78 Å². The molecular formula is C18H25N5O3. The molecule has 3 rings (SSSR count). The van der Waals surface area contributed by atoms with Gasteiger partial charge in [-0.3, -0.25) is 19.1 Å². The fraction of sp³-hybridized carbons (Fsp3) is 0.556. The number of aromatic amines is 1. The average Bonchev–Trinajstić information content (AvgIpc) is 3.12. The number of aryl methyl sites for hydroxylation is 1. The van der Waals surface area contributed by atoms with E-state index in [9.17, 15) is 14.4 Å². The first-order valence-corrected chi connectivity index (χ1v) is 9.11. The van der Waals surface area contributed by atoms with Crippen molar-refractivity contribution in [1.29, 1.82) is 0 Å². The minimum Gasteiger partial charge on any atom is -0.350 e. The second kappa shape index (κ2) is 7.41. The van der Waals surface area contributed by atoms with Crippen molar-refractivity contribution in [3.63, 3.8) is 0 Å². The summed E-state index contributed by atoms with van der Waals surface area (Å²) in [6.45, 7) is 7.53. The van der Waals surface area contributed by atoms with Crippen molar-refractivity contribution in [1.82, 2.24) is 25.2 Å². The number of nitrogens with zero attached hydrogens (tertiary/aromatic N) is 2. The van der Waals surface area contributed by atoms with Crippen LogP contribution in [0.3, 0.4) is 0 Å². The van der Waals surface area contributed by atoms with E-state index in [0.717, 1.165) is 19.4 Å². The van der Waals surface area contributed by atoms with Gasteiger partial charge < -0.3 is 10.6 Å². The second-order valence-electron chi connectivity index (χ2n) is 6.95. The summed E-state index contributed by atoms with van der Waals surface area (Å²) in [4.78, 5) is 44.2. The molecule has 26 heavy (non-hydrogen) atoms. The van der Waals surface area contributed by atoms with E-state index < -0.39 is 11.2 Å².